The number of benzene rings is 1. The number of halogens is 1. The molecule has 1 atom stereocenters. The Balaban J connectivity index is 2.27. The zero-order valence-electron chi connectivity index (χ0n) is 10.6. The van der Waals surface area contributed by atoms with Crippen molar-refractivity contribution in [1.29, 1.82) is 0 Å². The highest BCUT2D eigenvalue weighted by molar-refractivity contribution is 6.30. The first-order valence-corrected chi connectivity index (χ1v) is 6.36. The van der Waals surface area contributed by atoms with Crippen molar-refractivity contribution >= 4 is 23.6 Å². The number of amides is 2. The van der Waals surface area contributed by atoms with Crippen LogP contribution in [0, 0.1) is 0 Å². The number of hydrogen-bond acceptors (Lipinski definition) is 2. The number of carbonyl (C=O) groups is 2. The van der Waals surface area contributed by atoms with Crippen LogP contribution < -0.4 is 10.6 Å². The van der Waals surface area contributed by atoms with Crippen LogP contribution in [0.25, 0.3) is 0 Å². The Morgan fingerprint density at radius 1 is 1.32 bits per heavy atom. The third-order valence-corrected chi connectivity index (χ3v) is 2.79. The quantitative estimate of drug-likeness (QED) is 0.750. The molecule has 0 spiro atoms. The molecule has 0 fully saturated rings. The molecule has 5 nitrogen and oxygen atoms in total. The summed E-state index contributed by atoms with van der Waals surface area (Å²) in [7, 11) is 0. The normalized spacial score (nSPS) is 11.7. The van der Waals surface area contributed by atoms with Crippen molar-refractivity contribution in [2.24, 2.45) is 0 Å². The van der Waals surface area contributed by atoms with Gasteiger partial charge < -0.3 is 15.7 Å². The maximum absolute atomic E-state index is 11.5. The van der Waals surface area contributed by atoms with Gasteiger partial charge in [-0.05, 0) is 31.0 Å². The Hall–Kier alpha value is -1.75. The lowest BCUT2D eigenvalue weighted by atomic mass is 10.2. The summed E-state index contributed by atoms with van der Waals surface area (Å²) in [6, 6.07) is 6.68. The van der Waals surface area contributed by atoms with Gasteiger partial charge in [-0.15, -0.1) is 0 Å². The van der Waals surface area contributed by atoms with Crippen LogP contribution in [0.4, 0.5) is 4.79 Å². The summed E-state index contributed by atoms with van der Waals surface area (Å²) in [5.41, 5.74) is 0.942. The van der Waals surface area contributed by atoms with Crippen LogP contribution in [0.2, 0.25) is 5.02 Å². The minimum atomic E-state index is -0.866. The standard InChI is InChI=1S/C13H17ClN2O3/c1-9(2-7-12(17)18)16-13(19)15-8-10-3-5-11(14)6-4-10/h3-6,9H,2,7-8H2,1H3,(H,17,18)(H2,15,16,19). The number of carboxylic acid groups (broad SMARTS) is 1. The van der Waals surface area contributed by atoms with E-state index in [9.17, 15) is 9.59 Å². The molecular weight excluding hydrogens is 268 g/mol. The van der Waals surface area contributed by atoms with Crippen LogP contribution in [-0.4, -0.2) is 23.1 Å². The fourth-order valence-electron chi connectivity index (χ4n) is 1.47. The largest absolute Gasteiger partial charge is 0.481 e. The molecule has 0 bridgehead atoms. The van der Waals surface area contributed by atoms with Crippen molar-refractivity contribution in [2.45, 2.75) is 32.4 Å². The maximum Gasteiger partial charge on any atom is 0.315 e. The van der Waals surface area contributed by atoms with Crippen LogP contribution in [0.15, 0.2) is 24.3 Å². The Bertz CT molecular complexity index is 434. The van der Waals surface area contributed by atoms with Gasteiger partial charge in [0.15, 0.2) is 0 Å². The third-order valence-electron chi connectivity index (χ3n) is 2.54. The molecule has 0 aliphatic carbocycles. The number of urea groups is 1. The minimum Gasteiger partial charge on any atom is -0.481 e. The van der Waals surface area contributed by atoms with Gasteiger partial charge in [-0.3, -0.25) is 4.79 Å². The second-order valence-electron chi connectivity index (χ2n) is 4.29. The van der Waals surface area contributed by atoms with Gasteiger partial charge in [-0.1, -0.05) is 23.7 Å². The van der Waals surface area contributed by atoms with Gasteiger partial charge in [0.05, 0.1) is 0 Å². The van der Waals surface area contributed by atoms with E-state index >= 15 is 0 Å². The molecule has 0 heterocycles. The number of rotatable bonds is 6. The molecule has 6 heteroatoms. The molecule has 0 aliphatic heterocycles. The van der Waals surface area contributed by atoms with Crippen molar-refractivity contribution in [3.63, 3.8) is 0 Å². The summed E-state index contributed by atoms with van der Waals surface area (Å²) in [6.07, 6.45) is 0.447. The summed E-state index contributed by atoms with van der Waals surface area (Å²) >= 11 is 5.76. The van der Waals surface area contributed by atoms with E-state index in [4.69, 9.17) is 16.7 Å². The second-order valence-corrected chi connectivity index (χ2v) is 4.72. The number of hydrogen-bond donors (Lipinski definition) is 3. The average Bonchev–Trinajstić information content (AvgIpc) is 2.36. The van der Waals surface area contributed by atoms with Gasteiger partial charge in [0.2, 0.25) is 0 Å². The Morgan fingerprint density at radius 3 is 2.53 bits per heavy atom. The first-order valence-electron chi connectivity index (χ1n) is 5.98. The molecule has 1 aromatic carbocycles. The van der Waals surface area contributed by atoms with Crippen LogP contribution in [0.1, 0.15) is 25.3 Å². The maximum atomic E-state index is 11.5. The van der Waals surface area contributed by atoms with E-state index in [1.165, 1.54) is 0 Å². The molecule has 1 unspecified atom stereocenters. The van der Waals surface area contributed by atoms with Gasteiger partial charge in [0.25, 0.3) is 0 Å². The average molecular weight is 285 g/mol. The van der Waals surface area contributed by atoms with Gasteiger partial charge in [0.1, 0.15) is 0 Å². The third kappa shape index (κ3) is 6.67. The lowest BCUT2D eigenvalue weighted by Crippen LogP contribution is -2.40. The van der Waals surface area contributed by atoms with Gasteiger partial charge in [-0.25, -0.2) is 4.79 Å². The predicted molar refractivity (Wildman–Crippen MR) is 73.2 cm³/mol. The van der Waals surface area contributed by atoms with Crippen molar-refractivity contribution in [1.82, 2.24) is 10.6 Å². The van der Waals surface area contributed by atoms with E-state index in [0.717, 1.165) is 5.56 Å². The van der Waals surface area contributed by atoms with Crippen LogP contribution in [0.3, 0.4) is 0 Å². The number of aliphatic carboxylic acids is 1. The molecule has 2 amide bonds. The molecule has 0 saturated heterocycles. The molecule has 19 heavy (non-hydrogen) atoms. The second kappa shape index (κ2) is 7.63. The summed E-state index contributed by atoms with van der Waals surface area (Å²) in [5, 5.41) is 14.6. The monoisotopic (exact) mass is 284 g/mol. The molecule has 1 rings (SSSR count). The Morgan fingerprint density at radius 2 is 1.95 bits per heavy atom. The van der Waals surface area contributed by atoms with Crippen molar-refractivity contribution < 1.29 is 14.7 Å². The van der Waals surface area contributed by atoms with E-state index in [1.807, 2.05) is 12.1 Å². The lowest BCUT2D eigenvalue weighted by molar-refractivity contribution is -0.137. The van der Waals surface area contributed by atoms with Crippen molar-refractivity contribution in [3.05, 3.63) is 34.9 Å². The molecule has 0 radical (unpaired) electrons. The van der Waals surface area contributed by atoms with E-state index < -0.39 is 5.97 Å². The van der Waals surface area contributed by atoms with Crippen molar-refractivity contribution in [3.8, 4) is 0 Å². The van der Waals surface area contributed by atoms with Crippen LogP contribution >= 0.6 is 11.6 Å². The SMILES string of the molecule is CC(CCC(=O)O)NC(=O)NCc1ccc(Cl)cc1. The molecule has 104 valence electrons. The lowest BCUT2D eigenvalue weighted by Gasteiger charge is -2.13. The van der Waals surface area contributed by atoms with Crippen LogP contribution in [0.5, 0.6) is 0 Å². The highest BCUT2D eigenvalue weighted by Gasteiger charge is 2.08. The fraction of sp³-hybridized carbons (Fsp3) is 0.385. The van der Waals surface area contributed by atoms with E-state index in [2.05, 4.69) is 10.6 Å². The highest BCUT2D eigenvalue weighted by Crippen LogP contribution is 2.09. The topological polar surface area (TPSA) is 78.4 Å². The zero-order chi connectivity index (χ0) is 14.3. The smallest absolute Gasteiger partial charge is 0.315 e. The molecule has 0 saturated carbocycles. The van der Waals surface area contributed by atoms with E-state index in [-0.39, 0.29) is 18.5 Å². The zero-order valence-corrected chi connectivity index (χ0v) is 11.4. The highest BCUT2D eigenvalue weighted by atomic mass is 35.5. The molecule has 0 aromatic heterocycles. The van der Waals surface area contributed by atoms with Gasteiger partial charge in [-0.2, -0.15) is 0 Å². The minimum absolute atomic E-state index is 0.0403. The predicted octanol–water partition coefficient (Wildman–Crippen LogP) is 2.39. The van der Waals surface area contributed by atoms with Gasteiger partial charge >= 0.3 is 12.0 Å². The van der Waals surface area contributed by atoms with E-state index in [1.54, 1.807) is 19.1 Å². The summed E-state index contributed by atoms with van der Waals surface area (Å²) in [5.74, 6) is -0.866. The van der Waals surface area contributed by atoms with Gasteiger partial charge in [0, 0.05) is 24.0 Å². The molecular formula is C13H17ClN2O3. The summed E-state index contributed by atoms with van der Waals surface area (Å²) in [4.78, 5) is 21.9. The summed E-state index contributed by atoms with van der Waals surface area (Å²) in [6.45, 7) is 2.17. The Labute approximate surface area is 117 Å². The Kier molecular flexibility index (Phi) is 6.15. The first-order chi connectivity index (χ1) is 8.97. The van der Waals surface area contributed by atoms with Crippen molar-refractivity contribution in [2.75, 3.05) is 0 Å². The van der Waals surface area contributed by atoms with E-state index in [0.29, 0.717) is 18.0 Å². The molecule has 0 aliphatic rings. The van der Waals surface area contributed by atoms with Crippen LogP contribution in [-0.2, 0) is 11.3 Å². The summed E-state index contributed by atoms with van der Waals surface area (Å²) < 4.78 is 0. The molecule has 3 N–H and O–H groups in total. The number of carboxylic acids is 1. The fourth-order valence-corrected chi connectivity index (χ4v) is 1.60. The number of nitrogens with one attached hydrogen (secondary N) is 2. The first kappa shape index (κ1) is 15.3. The molecule has 1 aromatic rings. The number of carbonyl (C=O) groups excluding carboxylic acids is 1.